The highest BCUT2D eigenvalue weighted by Crippen LogP contribution is 2.23. The van der Waals surface area contributed by atoms with E-state index in [-0.39, 0.29) is 5.56 Å². The molecule has 1 aliphatic rings. The first-order valence-corrected chi connectivity index (χ1v) is 7.57. The molecule has 20 heavy (non-hydrogen) atoms. The van der Waals surface area contributed by atoms with Gasteiger partial charge in [-0.05, 0) is 29.8 Å². The highest BCUT2D eigenvalue weighted by molar-refractivity contribution is 9.10. The van der Waals surface area contributed by atoms with Crippen LogP contribution in [0.15, 0.2) is 15.5 Å². The number of nitrogens with zero attached hydrogens (tertiary/aromatic N) is 3. The summed E-state index contributed by atoms with van der Waals surface area (Å²) >= 11 is 3.42. The summed E-state index contributed by atoms with van der Waals surface area (Å²) in [5.41, 5.74) is 0.752. The molecule has 1 saturated heterocycles. The van der Waals surface area contributed by atoms with Crippen molar-refractivity contribution >= 4 is 21.6 Å². The fourth-order valence-electron chi connectivity index (χ4n) is 2.54. The van der Waals surface area contributed by atoms with E-state index in [1.165, 1.54) is 4.68 Å². The Labute approximate surface area is 127 Å². The second-order valence-corrected chi connectivity index (χ2v) is 6.03. The summed E-state index contributed by atoms with van der Waals surface area (Å²) < 4.78 is 6.98. The second kappa shape index (κ2) is 6.69. The summed E-state index contributed by atoms with van der Waals surface area (Å²) in [6, 6.07) is 0.781. The SMILES string of the molecule is COCCn1ncc(N2CC(C)NC(C)C2)c(Br)c1=O. The van der Waals surface area contributed by atoms with Gasteiger partial charge in [0.05, 0.1) is 25.0 Å². The third-order valence-electron chi connectivity index (χ3n) is 3.37. The Kier molecular flexibility index (Phi) is 5.17. The van der Waals surface area contributed by atoms with Gasteiger partial charge in [0, 0.05) is 32.3 Å². The first kappa shape index (κ1) is 15.5. The van der Waals surface area contributed by atoms with Gasteiger partial charge >= 0.3 is 0 Å². The molecule has 112 valence electrons. The van der Waals surface area contributed by atoms with Gasteiger partial charge in [-0.1, -0.05) is 0 Å². The predicted molar refractivity (Wildman–Crippen MR) is 82.3 cm³/mol. The molecule has 1 aromatic heterocycles. The van der Waals surface area contributed by atoms with E-state index < -0.39 is 0 Å². The number of halogens is 1. The molecule has 0 radical (unpaired) electrons. The minimum Gasteiger partial charge on any atom is -0.383 e. The predicted octanol–water partition coefficient (Wildman–Crippen LogP) is 0.839. The summed E-state index contributed by atoms with van der Waals surface area (Å²) in [5.74, 6) is 0. The van der Waals surface area contributed by atoms with Gasteiger partial charge in [0.1, 0.15) is 4.47 Å². The summed E-state index contributed by atoms with van der Waals surface area (Å²) in [5, 5.41) is 7.71. The lowest BCUT2D eigenvalue weighted by molar-refractivity contribution is 0.181. The molecule has 0 bridgehead atoms. The number of piperazine rings is 1. The van der Waals surface area contributed by atoms with Crippen LogP contribution in [0.25, 0.3) is 0 Å². The molecule has 1 aliphatic heterocycles. The van der Waals surface area contributed by atoms with Crippen LogP contribution in [0, 0.1) is 0 Å². The third kappa shape index (κ3) is 3.39. The normalized spacial score (nSPS) is 23.1. The monoisotopic (exact) mass is 344 g/mol. The van der Waals surface area contributed by atoms with Gasteiger partial charge in [0.2, 0.25) is 0 Å². The maximum Gasteiger partial charge on any atom is 0.283 e. The molecule has 1 N–H and O–H groups in total. The van der Waals surface area contributed by atoms with Crippen LogP contribution < -0.4 is 15.8 Å². The van der Waals surface area contributed by atoms with Gasteiger partial charge < -0.3 is 15.0 Å². The van der Waals surface area contributed by atoms with Gasteiger partial charge in [-0.3, -0.25) is 4.79 Å². The van der Waals surface area contributed by atoms with Crippen LogP contribution in [-0.4, -0.2) is 48.7 Å². The van der Waals surface area contributed by atoms with Crippen molar-refractivity contribution < 1.29 is 4.74 Å². The molecule has 1 fully saturated rings. The molecule has 0 aliphatic carbocycles. The van der Waals surface area contributed by atoms with E-state index in [1.807, 2.05) is 0 Å². The van der Waals surface area contributed by atoms with E-state index in [0.29, 0.717) is 29.7 Å². The number of hydrogen-bond donors (Lipinski definition) is 1. The topological polar surface area (TPSA) is 59.4 Å². The number of nitrogens with one attached hydrogen (secondary N) is 1. The molecule has 1 aromatic rings. The molecule has 0 saturated carbocycles. The van der Waals surface area contributed by atoms with Gasteiger partial charge in [-0.25, -0.2) is 4.68 Å². The molecule has 2 rings (SSSR count). The Morgan fingerprint density at radius 1 is 1.45 bits per heavy atom. The Morgan fingerprint density at radius 2 is 2.10 bits per heavy atom. The molecule has 2 heterocycles. The average molecular weight is 345 g/mol. The Balaban J connectivity index is 2.24. The van der Waals surface area contributed by atoms with E-state index in [4.69, 9.17) is 4.74 Å². The number of methoxy groups -OCH3 is 1. The first-order valence-electron chi connectivity index (χ1n) is 6.78. The average Bonchev–Trinajstić information content (AvgIpc) is 2.39. The summed E-state index contributed by atoms with van der Waals surface area (Å²) in [4.78, 5) is 14.5. The van der Waals surface area contributed by atoms with Crippen LogP contribution in [0.5, 0.6) is 0 Å². The van der Waals surface area contributed by atoms with Crippen molar-refractivity contribution in [1.82, 2.24) is 15.1 Å². The minimum atomic E-state index is -0.113. The minimum absolute atomic E-state index is 0.113. The van der Waals surface area contributed by atoms with E-state index in [2.05, 4.69) is 45.1 Å². The van der Waals surface area contributed by atoms with E-state index in [9.17, 15) is 4.79 Å². The number of anilines is 1. The lowest BCUT2D eigenvalue weighted by atomic mass is 10.1. The Hall–Kier alpha value is -0.920. The summed E-state index contributed by atoms with van der Waals surface area (Å²) in [7, 11) is 1.61. The maximum absolute atomic E-state index is 12.3. The maximum atomic E-state index is 12.3. The summed E-state index contributed by atoms with van der Waals surface area (Å²) in [6.07, 6.45) is 1.76. The van der Waals surface area contributed by atoms with Gasteiger partial charge in [0.25, 0.3) is 5.56 Å². The van der Waals surface area contributed by atoms with Gasteiger partial charge in [-0.15, -0.1) is 0 Å². The van der Waals surface area contributed by atoms with Crippen molar-refractivity contribution in [3.63, 3.8) is 0 Å². The van der Waals surface area contributed by atoms with Crippen molar-refractivity contribution in [2.45, 2.75) is 32.5 Å². The fourth-order valence-corrected chi connectivity index (χ4v) is 3.10. The molecule has 2 unspecified atom stereocenters. The standard InChI is InChI=1S/C13H21BrN4O2/c1-9-7-17(8-10(2)16-9)11-6-15-18(4-5-20-3)13(19)12(11)14/h6,9-10,16H,4-5,7-8H2,1-3H3. The molecular formula is C13H21BrN4O2. The van der Waals surface area contributed by atoms with Crippen molar-refractivity contribution in [2.24, 2.45) is 0 Å². The molecule has 6 nitrogen and oxygen atoms in total. The Morgan fingerprint density at radius 3 is 2.70 bits per heavy atom. The number of rotatable bonds is 4. The zero-order valence-corrected chi connectivity index (χ0v) is 13.7. The largest absolute Gasteiger partial charge is 0.383 e. The van der Waals surface area contributed by atoms with Crippen molar-refractivity contribution in [3.05, 3.63) is 21.0 Å². The van der Waals surface area contributed by atoms with E-state index >= 15 is 0 Å². The molecule has 7 heteroatoms. The molecule has 0 spiro atoms. The first-order chi connectivity index (χ1) is 9.52. The highest BCUT2D eigenvalue weighted by Gasteiger charge is 2.24. The van der Waals surface area contributed by atoms with Crippen molar-refractivity contribution in [1.29, 1.82) is 0 Å². The second-order valence-electron chi connectivity index (χ2n) is 5.24. The van der Waals surface area contributed by atoms with Crippen LogP contribution in [0.1, 0.15) is 13.8 Å². The van der Waals surface area contributed by atoms with Crippen molar-refractivity contribution in [2.75, 3.05) is 31.7 Å². The smallest absolute Gasteiger partial charge is 0.283 e. The molecular weight excluding hydrogens is 324 g/mol. The zero-order chi connectivity index (χ0) is 14.7. The quantitative estimate of drug-likeness (QED) is 0.876. The number of hydrogen-bond acceptors (Lipinski definition) is 5. The van der Waals surface area contributed by atoms with Crippen LogP contribution >= 0.6 is 15.9 Å². The van der Waals surface area contributed by atoms with Crippen LogP contribution in [0.2, 0.25) is 0 Å². The van der Waals surface area contributed by atoms with Crippen molar-refractivity contribution in [3.8, 4) is 0 Å². The highest BCUT2D eigenvalue weighted by atomic mass is 79.9. The van der Waals surface area contributed by atoms with Crippen LogP contribution in [0.3, 0.4) is 0 Å². The molecule has 2 atom stereocenters. The van der Waals surface area contributed by atoms with Crippen LogP contribution in [0.4, 0.5) is 5.69 Å². The lowest BCUT2D eigenvalue weighted by Crippen LogP contribution is -2.54. The molecule has 0 aromatic carbocycles. The zero-order valence-electron chi connectivity index (χ0n) is 12.1. The van der Waals surface area contributed by atoms with E-state index in [1.54, 1.807) is 13.3 Å². The van der Waals surface area contributed by atoms with E-state index in [0.717, 1.165) is 18.8 Å². The lowest BCUT2D eigenvalue weighted by Gasteiger charge is -2.37. The Bertz CT molecular complexity index is 510. The fraction of sp³-hybridized carbons (Fsp3) is 0.692. The molecule has 0 amide bonds. The number of aromatic nitrogens is 2. The van der Waals surface area contributed by atoms with Gasteiger partial charge in [0.15, 0.2) is 0 Å². The van der Waals surface area contributed by atoms with Crippen LogP contribution in [-0.2, 0) is 11.3 Å². The third-order valence-corrected chi connectivity index (χ3v) is 4.12. The van der Waals surface area contributed by atoms with Gasteiger partial charge in [-0.2, -0.15) is 5.10 Å². The summed E-state index contributed by atoms with van der Waals surface area (Å²) in [6.45, 7) is 6.95. The number of ether oxygens (including phenoxy) is 1.